The summed E-state index contributed by atoms with van der Waals surface area (Å²) >= 11 is 6.20. The molecule has 1 aliphatic rings. The predicted octanol–water partition coefficient (Wildman–Crippen LogP) is 4.80. The first kappa shape index (κ1) is 14.5. The quantitative estimate of drug-likeness (QED) is 0.715. The fraction of sp³-hybridized carbons (Fsp3) is 0.158. The molecule has 23 heavy (non-hydrogen) atoms. The van der Waals surface area contributed by atoms with E-state index in [9.17, 15) is 4.39 Å². The van der Waals surface area contributed by atoms with Crippen LogP contribution in [-0.2, 0) is 0 Å². The summed E-state index contributed by atoms with van der Waals surface area (Å²) in [7, 11) is 0. The Labute approximate surface area is 139 Å². The second-order valence-corrected chi connectivity index (χ2v) is 6.17. The minimum atomic E-state index is -0.232. The van der Waals surface area contributed by atoms with E-state index in [4.69, 9.17) is 11.6 Å². The van der Waals surface area contributed by atoms with Crippen molar-refractivity contribution in [2.45, 2.75) is 6.42 Å². The van der Waals surface area contributed by atoms with Gasteiger partial charge >= 0.3 is 0 Å². The molecule has 1 N–H and O–H groups in total. The normalized spacial score (nSPS) is 15.0. The molecule has 0 radical (unpaired) electrons. The molecule has 0 atom stereocenters. The molecular weight excluding hydrogens is 311 g/mol. The Kier molecular flexibility index (Phi) is 3.68. The van der Waals surface area contributed by atoms with Gasteiger partial charge in [-0.3, -0.25) is 0 Å². The van der Waals surface area contributed by atoms with Crippen LogP contribution in [0.3, 0.4) is 0 Å². The van der Waals surface area contributed by atoms with Crippen LogP contribution in [0.1, 0.15) is 12.0 Å². The Balaban J connectivity index is 1.95. The lowest BCUT2D eigenvalue weighted by atomic mass is 10.00. The fourth-order valence-electron chi connectivity index (χ4n) is 3.14. The number of nitrogens with one attached hydrogen (secondary N) is 1. The summed E-state index contributed by atoms with van der Waals surface area (Å²) < 4.78 is 15.3. The maximum absolute atomic E-state index is 13.2. The van der Waals surface area contributed by atoms with Crippen LogP contribution in [0.25, 0.3) is 22.2 Å². The Morgan fingerprint density at radius 2 is 1.91 bits per heavy atom. The van der Waals surface area contributed by atoms with Crippen LogP contribution >= 0.6 is 11.6 Å². The van der Waals surface area contributed by atoms with E-state index < -0.39 is 0 Å². The molecule has 3 aromatic rings. The lowest BCUT2D eigenvalue weighted by Gasteiger charge is -2.13. The minimum absolute atomic E-state index is 0.232. The van der Waals surface area contributed by atoms with Gasteiger partial charge in [-0.2, -0.15) is 0 Å². The summed E-state index contributed by atoms with van der Waals surface area (Å²) in [6, 6.07) is 12.5. The zero-order chi connectivity index (χ0) is 15.8. The number of hydrogen-bond donors (Lipinski definition) is 1. The summed E-state index contributed by atoms with van der Waals surface area (Å²) in [5.74, 6) is -0.232. The van der Waals surface area contributed by atoms with Gasteiger partial charge in [0.15, 0.2) is 0 Å². The molecule has 0 spiro atoms. The molecule has 2 aromatic carbocycles. The highest BCUT2D eigenvalue weighted by atomic mass is 35.5. The first-order valence-electron chi connectivity index (χ1n) is 7.69. The second kappa shape index (κ2) is 5.84. The van der Waals surface area contributed by atoms with Gasteiger partial charge in [-0.15, -0.1) is 0 Å². The van der Waals surface area contributed by atoms with Crippen molar-refractivity contribution < 1.29 is 4.39 Å². The third-order valence-corrected chi connectivity index (χ3v) is 4.52. The van der Waals surface area contributed by atoms with Crippen molar-refractivity contribution in [3.05, 3.63) is 71.1 Å². The molecular formula is C19H16ClFN2. The maximum atomic E-state index is 13.2. The lowest BCUT2D eigenvalue weighted by Crippen LogP contribution is -2.19. The van der Waals surface area contributed by atoms with Crippen LogP contribution in [-0.4, -0.2) is 17.7 Å². The highest BCUT2D eigenvalue weighted by molar-refractivity contribution is 6.31. The third kappa shape index (κ3) is 2.67. The van der Waals surface area contributed by atoms with Crippen molar-refractivity contribution in [2.24, 2.45) is 0 Å². The highest BCUT2D eigenvalue weighted by Crippen LogP contribution is 2.33. The largest absolute Gasteiger partial charge is 0.316 e. The zero-order valence-electron chi connectivity index (χ0n) is 12.5. The van der Waals surface area contributed by atoms with Crippen LogP contribution < -0.4 is 5.32 Å². The molecule has 4 heteroatoms. The standard InChI is InChI=1S/C19H16ClFN2/c20-14-1-6-17-18(13-7-9-22-10-8-13)12-23(19(17)11-14)16-4-2-15(21)3-5-16/h1-7,11-12,22H,8-10H2. The molecule has 2 heterocycles. The molecule has 116 valence electrons. The Bertz CT molecular complexity index is 894. The van der Waals surface area contributed by atoms with E-state index >= 15 is 0 Å². The highest BCUT2D eigenvalue weighted by Gasteiger charge is 2.15. The predicted molar refractivity (Wildman–Crippen MR) is 93.7 cm³/mol. The Morgan fingerprint density at radius 3 is 2.65 bits per heavy atom. The van der Waals surface area contributed by atoms with Crippen molar-refractivity contribution in [3.63, 3.8) is 0 Å². The first-order chi connectivity index (χ1) is 11.2. The number of rotatable bonds is 2. The van der Waals surface area contributed by atoms with Gasteiger partial charge in [0, 0.05) is 34.4 Å². The van der Waals surface area contributed by atoms with Crippen LogP contribution in [0.5, 0.6) is 0 Å². The molecule has 1 aliphatic heterocycles. The molecule has 0 fully saturated rings. The van der Waals surface area contributed by atoms with Crippen LogP contribution in [0.15, 0.2) is 54.7 Å². The molecule has 4 rings (SSSR count). The zero-order valence-corrected chi connectivity index (χ0v) is 13.3. The SMILES string of the molecule is Fc1ccc(-n2cc(C3=CCNCC3)c3ccc(Cl)cc32)cc1. The third-order valence-electron chi connectivity index (χ3n) is 4.28. The monoisotopic (exact) mass is 326 g/mol. The van der Waals surface area contributed by atoms with E-state index in [1.807, 2.05) is 12.1 Å². The van der Waals surface area contributed by atoms with Gasteiger partial charge in [0.1, 0.15) is 5.82 Å². The van der Waals surface area contributed by atoms with E-state index in [1.54, 1.807) is 12.1 Å². The molecule has 0 unspecified atom stereocenters. The van der Waals surface area contributed by atoms with Gasteiger partial charge in [0.2, 0.25) is 0 Å². The van der Waals surface area contributed by atoms with Gasteiger partial charge in [-0.05, 0) is 54.9 Å². The summed E-state index contributed by atoms with van der Waals surface area (Å²) in [6.07, 6.45) is 5.37. The fourth-order valence-corrected chi connectivity index (χ4v) is 3.30. The van der Waals surface area contributed by atoms with Crippen LogP contribution in [0.4, 0.5) is 4.39 Å². The molecule has 0 saturated carbocycles. The van der Waals surface area contributed by atoms with Gasteiger partial charge in [-0.1, -0.05) is 23.7 Å². The number of fused-ring (bicyclic) bond motifs is 1. The molecule has 0 amide bonds. The summed E-state index contributed by atoms with van der Waals surface area (Å²) in [5.41, 5.74) is 4.54. The van der Waals surface area contributed by atoms with Crippen molar-refractivity contribution in [1.82, 2.24) is 9.88 Å². The van der Waals surface area contributed by atoms with E-state index in [-0.39, 0.29) is 5.82 Å². The minimum Gasteiger partial charge on any atom is -0.316 e. The molecule has 0 saturated heterocycles. The summed E-state index contributed by atoms with van der Waals surface area (Å²) in [4.78, 5) is 0. The number of aromatic nitrogens is 1. The van der Waals surface area contributed by atoms with Crippen LogP contribution in [0, 0.1) is 5.82 Å². The smallest absolute Gasteiger partial charge is 0.123 e. The van der Waals surface area contributed by atoms with Crippen molar-refractivity contribution >= 4 is 28.1 Å². The first-order valence-corrected chi connectivity index (χ1v) is 8.07. The van der Waals surface area contributed by atoms with Crippen LogP contribution in [0.2, 0.25) is 5.02 Å². The van der Waals surface area contributed by atoms with E-state index in [0.29, 0.717) is 5.02 Å². The Hall–Kier alpha value is -2.10. The average molecular weight is 327 g/mol. The average Bonchev–Trinajstić information content (AvgIpc) is 2.95. The van der Waals surface area contributed by atoms with E-state index in [0.717, 1.165) is 30.7 Å². The van der Waals surface area contributed by atoms with Gasteiger partial charge in [-0.25, -0.2) is 4.39 Å². The van der Waals surface area contributed by atoms with Gasteiger partial charge in [0.05, 0.1) is 5.52 Å². The summed E-state index contributed by atoms with van der Waals surface area (Å²) in [6.45, 7) is 1.88. The van der Waals surface area contributed by atoms with E-state index in [1.165, 1.54) is 28.7 Å². The molecule has 0 aliphatic carbocycles. The molecule has 0 bridgehead atoms. The van der Waals surface area contributed by atoms with Crippen molar-refractivity contribution in [3.8, 4) is 5.69 Å². The van der Waals surface area contributed by atoms with Crippen molar-refractivity contribution in [2.75, 3.05) is 13.1 Å². The molecule has 2 nitrogen and oxygen atoms in total. The summed E-state index contributed by atoms with van der Waals surface area (Å²) in [5, 5.41) is 5.21. The number of halogens is 2. The second-order valence-electron chi connectivity index (χ2n) is 5.73. The van der Waals surface area contributed by atoms with E-state index in [2.05, 4.69) is 28.2 Å². The van der Waals surface area contributed by atoms with Gasteiger partial charge in [0.25, 0.3) is 0 Å². The number of hydrogen-bond acceptors (Lipinski definition) is 1. The number of nitrogens with zero attached hydrogens (tertiary/aromatic N) is 1. The molecule has 1 aromatic heterocycles. The maximum Gasteiger partial charge on any atom is 0.123 e. The lowest BCUT2D eigenvalue weighted by molar-refractivity contribution is 0.627. The number of benzene rings is 2. The van der Waals surface area contributed by atoms with Crippen molar-refractivity contribution in [1.29, 1.82) is 0 Å². The van der Waals surface area contributed by atoms with Gasteiger partial charge < -0.3 is 9.88 Å². The Morgan fingerprint density at radius 1 is 1.09 bits per heavy atom. The topological polar surface area (TPSA) is 17.0 Å².